The molecule has 1 rings (SSSR count). The second kappa shape index (κ2) is 6.34. The second-order valence-electron chi connectivity index (χ2n) is 2.57. The van der Waals surface area contributed by atoms with Gasteiger partial charge in [-0.2, -0.15) is 4.39 Å². The lowest BCUT2D eigenvalue weighted by Gasteiger charge is -2.11. The number of ether oxygens (including phenoxy) is 3. The van der Waals surface area contributed by atoms with E-state index in [9.17, 15) is 4.39 Å². The molecule has 0 saturated carbocycles. The fourth-order valence-corrected chi connectivity index (χ4v) is 0.864. The smallest absolute Gasteiger partial charge is 0.352 e. The van der Waals surface area contributed by atoms with E-state index in [1.165, 1.54) is 7.11 Å². The average molecular weight is 200 g/mol. The summed E-state index contributed by atoms with van der Waals surface area (Å²) in [6.07, 6.45) is 0. The van der Waals surface area contributed by atoms with Crippen molar-refractivity contribution in [1.82, 2.24) is 0 Å². The molecule has 1 aromatic carbocycles. The van der Waals surface area contributed by atoms with Crippen molar-refractivity contribution in [3.8, 4) is 5.75 Å². The van der Waals surface area contributed by atoms with Gasteiger partial charge in [0.15, 0.2) is 0 Å². The molecule has 0 spiro atoms. The molecule has 0 saturated heterocycles. The first kappa shape index (κ1) is 10.9. The Morgan fingerprint density at radius 1 is 1.21 bits per heavy atom. The second-order valence-corrected chi connectivity index (χ2v) is 2.57. The molecule has 0 aliphatic carbocycles. The van der Waals surface area contributed by atoms with Crippen molar-refractivity contribution in [3.63, 3.8) is 0 Å². The fraction of sp³-hybridized carbons (Fsp3) is 0.400. The summed E-state index contributed by atoms with van der Waals surface area (Å²) in [5, 5.41) is 0. The van der Waals surface area contributed by atoms with Gasteiger partial charge in [0, 0.05) is 7.11 Å². The third-order valence-electron chi connectivity index (χ3n) is 1.51. The van der Waals surface area contributed by atoms with Crippen LogP contribution in [0.1, 0.15) is 0 Å². The summed E-state index contributed by atoms with van der Waals surface area (Å²) in [7, 11) is 1.52. The largest absolute Gasteiger partial charge is 0.438 e. The lowest BCUT2D eigenvalue weighted by atomic mass is 10.3. The Labute approximate surface area is 82.4 Å². The summed E-state index contributed by atoms with van der Waals surface area (Å²) in [6, 6.07) is 8.67. The van der Waals surface area contributed by atoms with Crippen LogP contribution in [0.15, 0.2) is 30.3 Å². The van der Waals surface area contributed by atoms with Gasteiger partial charge in [0.1, 0.15) is 5.75 Å². The Morgan fingerprint density at radius 2 is 1.93 bits per heavy atom. The Hall–Kier alpha value is -1.13. The van der Waals surface area contributed by atoms with E-state index >= 15 is 0 Å². The molecule has 0 aromatic heterocycles. The fourth-order valence-electron chi connectivity index (χ4n) is 0.864. The standard InChI is InChI=1S/C10H13FO3/c1-12-7-8-13-10(11)14-9-5-3-2-4-6-9/h2-6,10H,7-8H2,1H3. The van der Waals surface area contributed by atoms with Crippen LogP contribution in [0.4, 0.5) is 4.39 Å². The Bertz CT molecular complexity index is 240. The van der Waals surface area contributed by atoms with Crippen LogP contribution >= 0.6 is 0 Å². The SMILES string of the molecule is COCCOC(F)Oc1ccccc1. The van der Waals surface area contributed by atoms with Crippen molar-refractivity contribution < 1.29 is 18.6 Å². The number of hydrogen-bond donors (Lipinski definition) is 0. The van der Waals surface area contributed by atoms with E-state index in [0.717, 1.165) is 0 Å². The predicted octanol–water partition coefficient (Wildman–Crippen LogP) is 1.98. The molecule has 1 aromatic rings. The summed E-state index contributed by atoms with van der Waals surface area (Å²) in [5.41, 5.74) is 0. The quantitative estimate of drug-likeness (QED) is 0.519. The summed E-state index contributed by atoms with van der Waals surface area (Å²) in [4.78, 5) is 0. The van der Waals surface area contributed by atoms with Crippen LogP contribution in [0.25, 0.3) is 0 Å². The minimum atomic E-state index is -1.74. The van der Waals surface area contributed by atoms with Crippen LogP contribution in [0.3, 0.4) is 0 Å². The van der Waals surface area contributed by atoms with Gasteiger partial charge in [-0.3, -0.25) is 0 Å². The van der Waals surface area contributed by atoms with Gasteiger partial charge < -0.3 is 14.2 Å². The molecular formula is C10H13FO3. The Kier molecular flexibility index (Phi) is 4.96. The highest BCUT2D eigenvalue weighted by Crippen LogP contribution is 2.11. The molecule has 4 heteroatoms. The van der Waals surface area contributed by atoms with E-state index in [2.05, 4.69) is 4.74 Å². The lowest BCUT2D eigenvalue weighted by Crippen LogP contribution is -2.17. The van der Waals surface area contributed by atoms with E-state index in [0.29, 0.717) is 12.4 Å². The molecular weight excluding hydrogens is 187 g/mol. The molecule has 0 aliphatic rings. The Morgan fingerprint density at radius 3 is 2.57 bits per heavy atom. The van der Waals surface area contributed by atoms with Crippen molar-refractivity contribution >= 4 is 0 Å². The molecule has 0 aliphatic heterocycles. The zero-order valence-corrected chi connectivity index (χ0v) is 7.98. The molecule has 1 unspecified atom stereocenters. The van der Waals surface area contributed by atoms with Gasteiger partial charge in [0.25, 0.3) is 0 Å². The van der Waals surface area contributed by atoms with Crippen LogP contribution in [-0.2, 0) is 9.47 Å². The van der Waals surface area contributed by atoms with Crippen LogP contribution in [0.5, 0.6) is 5.75 Å². The average Bonchev–Trinajstić information content (AvgIpc) is 2.20. The lowest BCUT2D eigenvalue weighted by molar-refractivity contribution is -0.171. The molecule has 0 radical (unpaired) electrons. The van der Waals surface area contributed by atoms with Crippen LogP contribution in [0, 0.1) is 0 Å². The molecule has 14 heavy (non-hydrogen) atoms. The van der Waals surface area contributed by atoms with Gasteiger partial charge in [-0.1, -0.05) is 18.2 Å². The van der Waals surface area contributed by atoms with Crippen molar-refractivity contribution in [1.29, 1.82) is 0 Å². The van der Waals surface area contributed by atoms with Crippen molar-refractivity contribution in [2.75, 3.05) is 20.3 Å². The van der Waals surface area contributed by atoms with Gasteiger partial charge >= 0.3 is 6.54 Å². The van der Waals surface area contributed by atoms with Gasteiger partial charge in [-0.05, 0) is 12.1 Å². The zero-order valence-electron chi connectivity index (χ0n) is 7.98. The monoisotopic (exact) mass is 200 g/mol. The third kappa shape index (κ3) is 4.20. The van der Waals surface area contributed by atoms with E-state index in [4.69, 9.17) is 9.47 Å². The van der Waals surface area contributed by atoms with Crippen LogP contribution in [-0.4, -0.2) is 26.9 Å². The molecule has 0 amide bonds. The molecule has 1 atom stereocenters. The molecule has 78 valence electrons. The summed E-state index contributed by atoms with van der Waals surface area (Å²) in [6.45, 7) is -1.23. The molecule has 3 nitrogen and oxygen atoms in total. The number of hydrogen-bond acceptors (Lipinski definition) is 3. The first-order chi connectivity index (χ1) is 6.83. The minimum absolute atomic E-state index is 0.171. The maximum atomic E-state index is 12.9. The highest BCUT2D eigenvalue weighted by Gasteiger charge is 2.06. The first-order valence-corrected chi connectivity index (χ1v) is 4.29. The highest BCUT2D eigenvalue weighted by atomic mass is 19.2. The number of rotatable bonds is 6. The van der Waals surface area contributed by atoms with Crippen LogP contribution < -0.4 is 4.74 Å². The normalized spacial score (nSPS) is 12.4. The summed E-state index contributed by atoms with van der Waals surface area (Å²) in [5.74, 6) is 0.442. The van der Waals surface area contributed by atoms with Gasteiger partial charge in [-0.15, -0.1) is 0 Å². The third-order valence-corrected chi connectivity index (χ3v) is 1.51. The van der Waals surface area contributed by atoms with Crippen molar-refractivity contribution in [2.45, 2.75) is 6.54 Å². The molecule has 0 bridgehead atoms. The molecule has 0 N–H and O–H groups in total. The highest BCUT2D eigenvalue weighted by molar-refractivity contribution is 5.20. The van der Waals surface area contributed by atoms with Crippen molar-refractivity contribution in [3.05, 3.63) is 30.3 Å². The Balaban J connectivity index is 2.23. The first-order valence-electron chi connectivity index (χ1n) is 4.29. The maximum absolute atomic E-state index is 12.9. The minimum Gasteiger partial charge on any atom is -0.438 e. The number of halogens is 1. The van der Waals surface area contributed by atoms with E-state index < -0.39 is 6.54 Å². The van der Waals surface area contributed by atoms with Gasteiger partial charge in [0.2, 0.25) is 0 Å². The van der Waals surface area contributed by atoms with Gasteiger partial charge in [0.05, 0.1) is 13.2 Å². The van der Waals surface area contributed by atoms with E-state index in [-0.39, 0.29) is 6.61 Å². The number of para-hydroxylation sites is 1. The summed E-state index contributed by atoms with van der Waals surface area (Å²) >= 11 is 0. The van der Waals surface area contributed by atoms with Crippen molar-refractivity contribution in [2.24, 2.45) is 0 Å². The number of benzene rings is 1. The number of methoxy groups -OCH3 is 1. The topological polar surface area (TPSA) is 27.7 Å². The molecule has 0 heterocycles. The zero-order chi connectivity index (χ0) is 10.2. The molecule has 0 fully saturated rings. The van der Waals surface area contributed by atoms with Crippen LogP contribution in [0.2, 0.25) is 0 Å². The van der Waals surface area contributed by atoms with Gasteiger partial charge in [-0.25, -0.2) is 0 Å². The van der Waals surface area contributed by atoms with E-state index in [1.54, 1.807) is 24.3 Å². The predicted molar refractivity (Wildman–Crippen MR) is 49.8 cm³/mol. The summed E-state index contributed by atoms with van der Waals surface area (Å²) < 4.78 is 27.1. The van der Waals surface area contributed by atoms with E-state index in [1.807, 2.05) is 6.07 Å². The maximum Gasteiger partial charge on any atom is 0.352 e. The number of alkyl halides is 1.